The molecule has 102 valence electrons. The van der Waals surface area contributed by atoms with Gasteiger partial charge in [0.1, 0.15) is 0 Å². The van der Waals surface area contributed by atoms with E-state index >= 15 is 0 Å². The highest BCUT2D eigenvalue weighted by molar-refractivity contribution is 9.10. The van der Waals surface area contributed by atoms with Crippen LogP contribution >= 0.6 is 27.7 Å². The lowest BCUT2D eigenvalue weighted by Gasteiger charge is -2.10. The zero-order chi connectivity index (χ0) is 13.8. The summed E-state index contributed by atoms with van der Waals surface area (Å²) in [5.74, 6) is 0.882. The normalized spacial score (nSPS) is 18.3. The van der Waals surface area contributed by atoms with Gasteiger partial charge in [-0.3, -0.25) is 14.9 Å². The van der Waals surface area contributed by atoms with Gasteiger partial charge in [0.05, 0.1) is 9.40 Å². The number of hydrogen-bond donors (Lipinski definition) is 1. The van der Waals surface area contributed by atoms with E-state index < -0.39 is 4.92 Å². The third kappa shape index (κ3) is 3.70. The Morgan fingerprint density at radius 2 is 2.37 bits per heavy atom. The minimum Gasteiger partial charge on any atom is -0.351 e. The number of thioether (sulfide) groups is 1. The molecule has 1 atom stereocenters. The summed E-state index contributed by atoms with van der Waals surface area (Å²) in [7, 11) is 0. The monoisotopic (exact) mass is 344 g/mol. The predicted molar refractivity (Wildman–Crippen MR) is 78.6 cm³/mol. The maximum Gasteiger partial charge on any atom is 0.284 e. The van der Waals surface area contributed by atoms with E-state index in [9.17, 15) is 14.9 Å². The van der Waals surface area contributed by atoms with Gasteiger partial charge < -0.3 is 5.32 Å². The van der Waals surface area contributed by atoms with Crippen molar-refractivity contribution in [3.05, 3.63) is 38.3 Å². The molecule has 1 heterocycles. The van der Waals surface area contributed by atoms with Crippen molar-refractivity contribution in [3.63, 3.8) is 0 Å². The molecule has 1 amide bonds. The Morgan fingerprint density at radius 1 is 1.58 bits per heavy atom. The number of amides is 1. The lowest BCUT2D eigenvalue weighted by molar-refractivity contribution is -0.385. The second kappa shape index (κ2) is 6.38. The van der Waals surface area contributed by atoms with Gasteiger partial charge in [-0.1, -0.05) is 0 Å². The molecule has 1 unspecified atom stereocenters. The summed E-state index contributed by atoms with van der Waals surface area (Å²) in [5, 5.41) is 14.1. The fourth-order valence-electron chi connectivity index (χ4n) is 1.91. The first-order valence-electron chi connectivity index (χ1n) is 5.91. The Balaban J connectivity index is 2.02. The Bertz CT molecular complexity index is 504. The van der Waals surface area contributed by atoms with E-state index in [2.05, 4.69) is 21.2 Å². The first-order valence-corrected chi connectivity index (χ1v) is 7.76. The second-order valence-corrected chi connectivity index (χ2v) is 6.53. The number of hydrogen-bond acceptors (Lipinski definition) is 4. The Labute approximate surface area is 123 Å². The Kier molecular flexibility index (Phi) is 4.81. The average molecular weight is 345 g/mol. The minimum absolute atomic E-state index is 0.0945. The van der Waals surface area contributed by atoms with Gasteiger partial charge in [-0.2, -0.15) is 11.8 Å². The van der Waals surface area contributed by atoms with Crippen LogP contribution in [0.3, 0.4) is 0 Å². The molecule has 0 aliphatic carbocycles. The van der Waals surface area contributed by atoms with E-state index in [0.717, 1.165) is 12.2 Å². The molecule has 2 rings (SSSR count). The molecule has 19 heavy (non-hydrogen) atoms. The molecule has 0 spiro atoms. The zero-order valence-electron chi connectivity index (χ0n) is 10.1. The summed E-state index contributed by atoms with van der Waals surface area (Å²) in [6.07, 6.45) is 2.31. The Morgan fingerprint density at radius 3 is 3.00 bits per heavy atom. The van der Waals surface area contributed by atoms with Crippen molar-refractivity contribution in [1.29, 1.82) is 0 Å². The van der Waals surface area contributed by atoms with Crippen LogP contribution in [0.4, 0.5) is 5.69 Å². The molecule has 7 heteroatoms. The predicted octanol–water partition coefficient (Wildman–Crippen LogP) is 2.98. The molecule has 0 radical (unpaired) electrons. The summed E-state index contributed by atoms with van der Waals surface area (Å²) in [5.41, 5.74) is 0.223. The van der Waals surface area contributed by atoms with Crippen molar-refractivity contribution < 1.29 is 9.72 Å². The number of rotatable bonds is 4. The molecule has 1 saturated heterocycles. The molecular formula is C12H13BrN2O3S. The van der Waals surface area contributed by atoms with E-state index in [1.165, 1.54) is 18.6 Å². The maximum absolute atomic E-state index is 11.9. The molecule has 1 aromatic carbocycles. The van der Waals surface area contributed by atoms with Gasteiger partial charge >= 0.3 is 0 Å². The van der Waals surface area contributed by atoms with Crippen LogP contribution in [-0.4, -0.2) is 28.4 Å². The molecule has 0 bridgehead atoms. The smallest absolute Gasteiger partial charge is 0.284 e. The van der Waals surface area contributed by atoms with Crippen molar-refractivity contribution in [2.24, 2.45) is 0 Å². The molecule has 1 fully saturated rings. The molecular weight excluding hydrogens is 332 g/mol. The van der Waals surface area contributed by atoms with E-state index in [0.29, 0.717) is 21.8 Å². The number of nitro benzene ring substituents is 1. The molecule has 1 aromatic rings. The van der Waals surface area contributed by atoms with E-state index in [-0.39, 0.29) is 11.6 Å². The number of nitro groups is 1. The van der Waals surface area contributed by atoms with Crippen molar-refractivity contribution in [1.82, 2.24) is 5.32 Å². The third-order valence-electron chi connectivity index (χ3n) is 2.92. The quantitative estimate of drug-likeness (QED) is 0.673. The van der Waals surface area contributed by atoms with Crippen molar-refractivity contribution >= 4 is 39.3 Å². The lowest BCUT2D eigenvalue weighted by Crippen LogP contribution is -2.29. The molecule has 1 N–H and O–H groups in total. The highest BCUT2D eigenvalue weighted by atomic mass is 79.9. The summed E-state index contributed by atoms with van der Waals surface area (Å²) >= 11 is 4.96. The van der Waals surface area contributed by atoms with Gasteiger partial charge in [-0.15, -0.1) is 0 Å². The molecule has 1 aliphatic heterocycles. The van der Waals surface area contributed by atoms with Crippen LogP contribution < -0.4 is 5.32 Å². The van der Waals surface area contributed by atoms with Crippen LogP contribution in [-0.2, 0) is 0 Å². The second-order valence-electron chi connectivity index (χ2n) is 4.27. The number of carbonyl (C=O) groups excluding carboxylic acids is 1. The topological polar surface area (TPSA) is 72.2 Å². The first kappa shape index (κ1) is 14.3. The van der Waals surface area contributed by atoms with Crippen LogP contribution in [0.2, 0.25) is 0 Å². The maximum atomic E-state index is 11.9. The van der Waals surface area contributed by atoms with Gasteiger partial charge in [-0.05, 0) is 46.7 Å². The first-order chi connectivity index (χ1) is 9.08. The van der Waals surface area contributed by atoms with Gasteiger partial charge in [0, 0.05) is 23.4 Å². The summed E-state index contributed by atoms with van der Waals surface area (Å²) < 4.78 is 0.375. The molecule has 0 saturated carbocycles. The number of benzene rings is 1. The van der Waals surface area contributed by atoms with Crippen LogP contribution in [0, 0.1) is 10.1 Å². The van der Waals surface area contributed by atoms with Crippen LogP contribution in [0.1, 0.15) is 23.2 Å². The molecule has 0 aromatic heterocycles. The number of halogens is 1. The van der Waals surface area contributed by atoms with Gasteiger partial charge in [0.25, 0.3) is 11.6 Å². The standard InChI is InChI=1S/C12H13BrN2O3S/c13-10-4-3-8(6-11(10)15(17)18)12(16)14-7-9-2-1-5-19-9/h3-4,6,9H,1-2,5,7H2,(H,14,16). The average Bonchev–Trinajstić information content (AvgIpc) is 2.89. The lowest BCUT2D eigenvalue weighted by atomic mass is 10.2. The molecule has 1 aliphatic rings. The highest BCUT2D eigenvalue weighted by Gasteiger charge is 2.19. The fraction of sp³-hybridized carbons (Fsp3) is 0.417. The van der Waals surface area contributed by atoms with Gasteiger partial charge in [0.2, 0.25) is 0 Å². The van der Waals surface area contributed by atoms with Crippen LogP contribution in [0.25, 0.3) is 0 Å². The van der Waals surface area contributed by atoms with E-state index in [1.807, 2.05) is 11.8 Å². The third-order valence-corrected chi connectivity index (χ3v) is 4.99. The van der Waals surface area contributed by atoms with Crippen molar-refractivity contribution in [3.8, 4) is 0 Å². The number of nitrogens with zero attached hydrogens (tertiary/aromatic N) is 1. The van der Waals surface area contributed by atoms with E-state index in [4.69, 9.17) is 0 Å². The summed E-state index contributed by atoms with van der Waals surface area (Å²) in [6.45, 7) is 0.618. The number of carbonyl (C=O) groups is 1. The highest BCUT2D eigenvalue weighted by Crippen LogP contribution is 2.27. The van der Waals surface area contributed by atoms with Crippen molar-refractivity contribution in [2.75, 3.05) is 12.3 Å². The Hall–Kier alpha value is -1.08. The zero-order valence-corrected chi connectivity index (χ0v) is 12.5. The fourth-order valence-corrected chi connectivity index (χ4v) is 3.50. The van der Waals surface area contributed by atoms with Gasteiger partial charge in [-0.25, -0.2) is 0 Å². The van der Waals surface area contributed by atoms with Crippen LogP contribution in [0.5, 0.6) is 0 Å². The summed E-state index contributed by atoms with van der Waals surface area (Å²) in [6, 6.07) is 4.40. The number of nitrogens with one attached hydrogen (secondary N) is 1. The van der Waals surface area contributed by atoms with Crippen LogP contribution in [0.15, 0.2) is 22.7 Å². The van der Waals surface area contributed by atoms with E-state index in [1.54, 1.807) is 6.07 Å². The summed E-state index contributed by atoms with van der Waals surface area (Å²) in [4.78, 5) is 22.2. The SMILES string of the molecule is O=C(NCC1CCCS1)c1ccc(Br)c([N+](=O)[O-])c1. The largest absolute Gasteiger partial charge is 0.351 e. The van der Waals surface area contributed by atoms with Gasteiger partial charge in [0.15, 0.2) is 0 Å². The molecule has 5 nitrogen and oxygen atoms in total. The van der Waals surface area contributed by atoms with Crippen molar-refractivity contribution in [2.45, 2.75) is 18.1 Å². The minimum atomic E-state index is -0.506.